The molecule has 1 aromatic heterocycles. The van der Waals surface area contributed by atoms with Gasteiger partial charge in [-0.05, 0) is 36.8 Å². The molecule has 0 radical (unpaired) electrons. The Labute approximate surface area is 147 Å². The number of carbonyl (C=O) groups is 1. The van der Waals surface area contributed by atoms with E-state index in [2.05, 4.69) is 0 Å². The quantitative estimate of drug-likeness (QED) is 0.631. The number of amides is 1. The molecule has 4 nitrogen and oxygen atoms in total. The van der Waals surface area contributed by atoms with E-state index in [-0.39, 0.29) is 5.91 Å². The van der Waals surface area contributed by atoms with Gasteiger partial charge in [-0.25, -0.2) is 0 Å². The van der Waals surface area contributed by atoms with E-state index in [1.54, 1.807) is 18.0 Å². The number of benzene rings is 2. The molecule has 0 N–H and O–H groups in total. The SMILES string of the molecule is Cc1ccccc1OCCN(C)C(=O)/C=C/c1cc2ccccc2o1. The van der Waals surface area contributed by atoms with Gasteiger partial charge >= 0.3 is 0 Å². The molecule has 0 aliphatic heterocycles. The third-order valence-electron chi connectivity index (χ3n) is 3.99. The van der Waals surface area contributed by atoms with E-state index in [4.69, 9.17) is 9.15 Å². The van der Waals surface area contributed by atoms with Gasteiger partial charge < -0.3 is 14.1 Å². The molecule has 0 unspecified atom stereocenters. The maximum Gasteiger partial charge on any atom is 0.246 e. The average Bonchev–Trinajstić information content (AvgIpc) is 3.04. The van der Waals surface area contributed by atoms with Crippen LogP contribution in [0.5, 0.6) is 5.75 Å². The summed E-state index contributed by atoms with van der Waals surface area (Å²) in [5.41, 5.74) is 1.90. The van der Waals surface area contributed by atoms with Crippen molar-refractivity contribution in [2.75, 3.05) is 20.2 Å². The lowest BCUT2D eigenvalue weighted by atomic mass is 10.2. The number of hydrogen-bond acceptors (Lipinski definition) is 3. The van der Waals surface area contributed by atoms with E-state index in [0.717, 1.165) is 22.3 Å². The lowest BCUT2D eigenvalue weighted by Gasteiger charge is -2.16. The number of fused-ring (bicyclic) bond motifs is 1. The van der Waals surface area contributed by atoms with E-state index in [1.165, 1.54) is 6.08 Å². The summed E-state index contributed by atoms with van der Waals surface area (Å²) in [6.07, 6.45) is 3.21. The monoisotopic (exact) mass is 335 g/mol. The van der Waals surface area contributed by atoms with Crippen LogP contribution in [0.4, 0.5) is 0 Å². The number of aryl methyl sites for hydroxylation is 1. The van der Waals surface area contributed by atoms with Crippen LogP contribution >= 0.6 is 0 Å². The summed E-state index contributed by atoms with van der Waals surface area (Å²) in [7, 11) is 1.76. The highest BCUT2D eigenvalue weighted by Gasteiger charge is 2.06. The number of ether oxygens (including phenoxy) is 1. The largest absolute Gasteiger partial charge is 0.491 e. The van der Waals surface area contributed by atoms with Crippen LogP contribution in [0.15, 0.2) is 65.1 Å². The zero-order chi connectivity index (χ0) is 17.6. The lowest BCUT2D eigenvalue weighted by molar-refractivity contribution is -0.125. The van der Waals surface area contributed by atoms with Crippen molar-refractivity contribution in [1.29, 1.82) is 0 Å². The summed E-state index contributed by atoms with van der Waals surface area (Å²) < 4.78 is 11.4. The van der Waals surface area contributed by atoms with Crippen molar-refractivity contribution in [2.45, 2.75) is 6.92 Å². The van der Waals surface area contributed by atoms with Gasteiger partial charge in [0.2, 0.25) is 5.91 Å². The van der Waals surface area contributed by atoms with Crippen LogP contribution in [-0.4, -0.2) is 31.0 Å². The highest BCUT2D eigenvalue weighted by Crippen LogP contribution is 2.19. The Hall–Kier alpha value is -3.01. The first-order chi connectivity index (χ1) is 12.1. The first kappa shape index (κ1) is 16.8. The van der Waals surface area contributed by atoms with Crippen molar-refractivity contribution in [3.05, 3.63) is 72.0 Å². The number of carbonyl (C=O) groups excluding carboxylic acids is 1. The van der Waals surface area contributed by atoms with Gasteiger partial charge in [0, 0.05) is 18.5 Å². The Morgan fingerprint density at radius 2 is 1.92 bits per heavy atom. The van der Waals surface area contributed by atoms with E-state index < -0.39 is 0 Å². The molecule has 0 aliphatic carbocycles. The second-order valence-corrected chi connectivity index (χ2v) is 5.89. The van der Waals surface area contributed by atoms with E-state index in [0.29, 0.717) is 18.9 Å². The van der Waals surface area contributed by atoms with Gasteiger partial charge in [-0.2, -0.15) is 0 Å². The molecular weight excluding hydrogens is 314 g/mol. The maximum atomic E-state index is 12.2. The van der Waals surface area contributed by atoms with Crippen molar-refractivity contribution in [3.63, 3.8) is 0 Å². The van der Waals surface area contributed by atoms with Crippen molar-refractivity contribution < 1.29 is 13.9 Å². The highest BCUT2D eigenvalue weighted by atomic mass is 16.5. The fourth-order valence-corrected chi connectivity index (χ4v) is 2.49. The van der Waals surface area contributed by atoms with E-state index >= 15 is 0 Å². The molecular formula is C21H21NO3. The number of para-hydroxylation sites is 2. The van der Waals surface area contributed by atoms with Gasteiger partial charge in [-0.3, -0.25) is 4.79 Å². The normalized spacial score (nSPS) is 11.1. The minimum absolute atomic E-state index is 0.0890. The zero-order valence-corrected chi connectivity index (χ0v) is 14.4. The van der Waals surface area contributed by atoms with Crippen molar-refractivity contribution in [2.24, 2.45) is 0 Å². The van der Waals surface area contributed by atoms with E-state index in [9.17, 15) is 4.79 Å². The zero-order valence-electron chi connectivity index (χ0n) is 14.4. The lowest BCUT2D eigenvalue weighted by Crippen LogP contribution is -2.29. The van der Waals surface area contributed by atoms with Crippen LogP contribution in [0.3, 0.4) is 0 Å². The molecule has 0 aliphatic rings. The molecule has 25 heavy (non-hydrogen) atoms. The Morgan fingerprint density at radius 3 is 2.72 bits per heavy atom. The fourth-order valence-electron chi connectivity index (χ4n) is 2.49. The third-order valence-corrected chi connectivity index (χ3v) is 3.99. The van der Waals surface area contributed by atoms with E-state index in [1.807, 2.05) is 61.5 Å². The van der Waals surface area contributed by atoms with Crippen molar-refractivity contribution >= 4 is 23.0 Å². The van der Waals surface area contributed by atoms with Crippen molar-refractivity contribution in [3.8, 4) is 5.75 Å². The van der Waals surface area contributed by atoms with Gasteiger partial charge in [0.1, 0.15) is 23.7 Å². The van der Waals surface area contributed by atoms with Crippen LogP contribution in [0.1, 0.15) is 11.3 Å². The van der Waals surface area contributed by atoms with Gasteiger partial charge in [0.15, 0.2) is 0 Å². The predicted molar refractivity (Wildman–Crippen MR) is 99.6 cm³/mol. The fraction of sp³-hybridized carbons (Fsp3) is 0.190. The molecule has 0 bridgehead atoms. The standard InChI is InChI=1S/C21H21NO3/c1-16-7-3-5-9-19(16)24-14-13-22(2)21(23)12-11-18-15-17-8-4-6-10-20(17)25-18/h3-12,15H,13-14H2,1-2H3/b12-11+. The number of likely N-dealkylation sites (N-methyl/N-ethyl adjacent to an activating group) is 1. The topological polar surface area (TPSA) is 42.7 Å². The smallest absolute Gasteiger partial charge is 0.246 e. The molecule has 0 spiro atoms. The third kappa shape index (κ3) is 4.29. The maximum absolute atomic E-state index is 12.2. The van der Waals surface area contributed by atoms with Crippen LogP contribution < -0.4 is 4.74 Å². The van der Waals surface area contributed by atoms with Gasteiger partial charge in [0.05, 0.1) is 6.54 Å². The summed E-state index contributed by atoms with van der Waals surface area (Å²) >= 11 is 0. The molecule has 1 heterocycles. The molecule has 0 fully saturated rings. The molecule has 0 atom stereocenters. The number of furan rings is 1. The summed E-state index contributed by atoms with van der Waals surface area (Å²) in [5.74, 6) is 1.43. The van der Waals surface area contributed by atoms with Gasteiger partial charge in [0.25, 0.3) is 0 Å². The number of nitrogens with zero attached hydrogens (tertiary/aromatic N) is 1. The Kier molecular flexibility index (Phi) is 5.19. The predicted octanol–water partition coefficient (Wildman–Crippen LogP) is 4.29. The van der Waals surface area contributed by atoms with Crippen LogP contribution in [-0.2, 0) is 4.79 Å². The van der Waals surface area contributed by atoms with Gasteiger partial charge in [-0.15, -0.1) is 0 Å². The highest BCUT2D eigenvalue weighted by molar-refractivity contribution is 5.92. The average molecular weight is 335 g/mol. The molecule has 3 rings (SSSR count). The molecule has 128 valence electrons. The molecule has 0 saturated carbocycles. The Morgan fingerprint density at radius 1 is 1.16 bits per heavy atom. The van der Waals surface area contributed by atoms with Crippen molar-refractivity contribution in [1.82, 2.24) is 4.90 Å². The van der Waals surface area contributed by atoms with Gasteiger partial charge in [-0.1, -0.05) is 36.4 Å². The summed E-state index contributed by atoms with van der Waals surface area (Å²) in [6, 6.07) is 17.5. The second kappa shape index (κ2) is 7.71. The molecule has 3 aromatic rings. The molecule has 2 aromatic carbocycles. The minimum atomic E-state index is -0.0890. The second-order valence-electron chi connectivity index (χ2n) is 5.89. The summed E-state index contributed by atoms with van der Waals surface area (Å²) in [5, 5.41) is 1.02. The van der Waals surface area contributed by atoms with Crippen LogP contribution in [0.25, 0.3) is 17.0 Å². The Bertz CT molecular complexity index is 862. The van der Waals surface area contributed by atoms with Crippen LogP contribution in [0.2, 0.25) is 0 Å². The molecule has 1 amide bonds. The first-order valence-corrected chi connectivity index (χ1v) is 8.23. The number of hydrogen-bond donors (Lipinski definition) is 0. The number of rotatable bonds is 6. The minimum Gasteiger partial charge on any atom is -0.491 e. The molecule has 4 heteroatoms. The summed E-state index contributed by atoms with van der Waals surface area (Å²) in [4.78, 5) is 13.8. The summed E-state index contributed by atoms with van der Waals surface area (Å²) in [6.45, 7) is 2.96. The molecule has 0 saturated heterocycles. The van der Waals surface area contributed by atoms with Crippen LogP contribution in [0, 0.1) is 6.92 Å². The Balaban J connectivity index is 1.52. The first-order valence-electron chi connectivity index (χ1n) is 8.23.